The quantitative estimate of drug-likeness (QED) is 0.503. The molecule has 1 amide bonds. The number of fused-ring (bicyclic) bond motifs is 1. The molecule has 0 aliphatic heterocycles. The lowest BCUT2D eigenvalue weighted by molar-refractivity contribution is -0.125. The van der Waals surface area contributed by atoms with Crippen molar-refractivity contribution in [1.29, 1.82) is 0 Å². The van der Waals surface area contributed by atoms with E-state index in [1.165, 1.54) is 18.4 Å². The number of amides is 1. The predicted octanol–water partition coefficient (Wildman–Crippen LogP) is 4.62. The van der Waals surface area contributed by atoms with Gasteiger partial charge in [0, 0.05) is 17.5 Å². The summed E-state index contributed by atoms with van der Waals surface area (Å²) in [6.07, 6.45) is 1.53. The molecule has 2 aromatic carbocycles. The Morgan fingerprint density at radius 2 is 1.93 bits per heavy atom. The molecule has 4 rings (SSSR count). The number of carbonyl (C=O) groups is 2. The molecule has 1 aliphatic carbocycles. The van der Waals surface area contributed by atoms with E-state index in [0.717, 1.165) is 16.7 Å². The Bertz CT molecular complexity index is 1030. The molecule has 0 saturated carbocycles. The van der Waals surface area contributed by atoms with Crippen LogP contribution in [0.5, 0.6) is 5.75 Å². The minimum atomic E-state index is -0.767. The fraction of sp³-hybridized carbons (Fsp3) is 0.227. The van der Waals surface area contributed by atoms with Gasteiger partial charge in [0.25, 0.3) is 0 Å². The van der Waals surface area contributed by atoms with Crippen LogP contribution in [0.25, 0.3) is 0 Å². The lowest BCUT2D eigenvalue weighted by Crippen LogP contribution is -2.37. The average Bonchev–Trinajstić information content (AvgIpc) is 3.34. The monoisotopic (exact) mass is 408 g/mol. The number of methoxy groups -OCH3 is 1. The summed E-state index contributed by atoms with van der Waals surface area (Å²) >= 11 is 1.40. The predicted molar refractivity (Wildman–Crippen MR) is 110 cm³/mol. The summed E-state index contributed by atoms with van der Waals surface area (Å²) in [6.45, 7) is 1.99. The van der Waals surface area contributed by atoms with Gasteiger partial charge in [-0.2, -0.15) is 0 Å². The number of nitrogens with one attached hydrogen (secondary N) is 1. The third kappa shape index (κ3) is 3.61. The van der Waals surface area contributed by atoms with Crippen molar-refractivity contribution in [2.24, 2.45) is 5.41 Å². The number of rotatable bonds is 4. The second-order valence-corrected chi connectivity index (χ2v) is 8.04. The Morgan fingerprint density at radius 1 is 1.17 bits per heavy atom. The fourth-order valence-electron chi connectivity index (χ4n) is 3.97. The molecule has 2 atom stereocenters. The van der Waals surface area contributed by atoms with Gasteiger partial charge >= 0.3 is 6.16 Å². The van der Waals surface area contributed by atoms with E-state index >= 15 is 0 Å². The summed E-state index contributed by atoms with van der Waals surface area (Å²) in [4.78, 5) is 28.8. The van der Waals surface area contributed by atoms with Gasteiger partial charge in [0.15, 0.2) is 5.13 Å². The topological polar surface area (TPSA) is 77.5 Å². The molecule has 29 heavy (non-hydrogen) atoms. The third-order valence-corrected chi connectivity index (χ3v) is 6.00. The molecule has 6 nitrogen and oxygen atoms in total. The Kier molecular flexibility index (Phi) is 5.07. The first-order chi connectivity index (χ1) is 14.0. The number of ether oxygens (including phenoxy) is 2. The van der Waals surface area contributed by atoms with Crippen LogP contribution in [0.1, 0.15) is 29.5 Å². The number of nitrogens with zero attached hydrogens (tertiary/aromatic N) is 1. The van der Waals surface area contributed by atoms with Crippen molar-refractivity contribution in [2.75, 3.05) is 12.4 Å². The van der Waals surface area contributed by atoms with Gasteiger partial charge in [0.2, 0.25) is 5.91 Å². The lowest BCUT2D eigenvalue weighted by atomic mass is 9.73. The minimum Gasteiger partial charge on any atom is -0.437 e. The second-order valence-electron chi connectivity index (χ2n) is 7.14. The number of thiazole rings is 1. The highest BCUT2D eigenvalue weighted by molar-refractivity contribution is 7.13. The van der Waals surface area contributed by atoms with E-state index in [4.69, 9.17) is 4.74 Å². The standard InChI is InChI=1S/C22H20N2O4S/c1-22(19(25)24-20-23-11-12-29-20)13-15-5-3-4-6-17(15)18(22)14-7-9-16(10-8-14)28-21(26)27-2/h3-12,18H,13H2,1-2H3,(H,23,24,25)/t18-,22+/m1/s1. The van der Waals surface area contributed by atoms with Crippen molar-refractivity contribution in [3.63, 3.8) is 0 Å². The van der Waals surface area contributed by atoms with Crippen LogP contribution < -0.4 is 10.1 Å². The van der Waals surface area contributed by atoms with Crippen LogP contribution in [-0.4, -0.2) is 24.2 Å². The van der Waals surface area contributed by atoms with Gasteiger partial charge in [-0.15, -0.1) is 11.3 Å². The third-order valence-electron chi connectivity index (χ3n) is 5.31. The highest BCUT2D eigenvalue weighted by atomic mass is 32.1. The van der Waals surface area contributed by atoms with Gasteiger partial charge in [-0.3, -0.25) is 4.79 Å². The van der Waals surface area contributed by atoms with Gasteiger partial charge in [-0.05, 0) is 42.2 Å². The summed E-state index contributed by atoms with van der Waals surface area (Å²) in [5.74, 6) is 0.190. The number of aromatic nitrogens is 1. The maximum atomic E-state index is 13.3. The van der Waals surface area contributed by atoms with Crippen LogP contribution in [0.2, 0.25) is 0 Å². The zero-order valence-electron chi connectivity index (χ0n) is 16.0. The summed E-state index contributed by atoms with van der Waals surface area (Å²) in [7, 11) is 1.26. The molecule has 3 aromatic rings. The molecule has 0 spiro atoms. The fourth-order valence-corrected chi connectivity index (χ4v) is 4.49. The van der Waals surface area contributed by atoms with E-state index in [1.807, 2.05) is 36.6 Å². The molecule has 1 aliphatic rings. The molecule has 1 N–H and O–H groups in total. The molecule has 0 unspecified atom stereocenters. The highest BCUT2D eigenvalue weighted by Crippen LogP contribution is 2.51. The van der Waals surface area contributed by atoms with Crippen LogP contribution in [0.4, 0.5) is 9.93 Å². The number of anilines is 1. The van der Waals surface area contributed by atoms with Crippen LogP contribution in [0.15, 0.2) is 60.1 Å². The van der Waals surface area contributed by atoms with Gasteiger partial charge in [0.1, 0.15) is 5.75 Å². The Morgan fingerprint density at radius 3 is 2.62 bits per heavy atom. The first-order valence-electron chi connectivity index (χ1n) is 9.16. The molecule has 0 bridgehead atoms. The summed E-state index contributed by atoms with van der Waals surface area (Å²) in [6, 6.07) is 15.3. The molecule has 0 radical (unpaired) electrons. The normalized spacial score (nSPS) is 20.0. The maximum Gasteiger partial charge on any atom is 0.513 e. The van der Waals surface area contributed by atoms with Crippen LogP contribution in [-0.2, 0) is 16.0 Å². The van der Waals surface area contributed by atoms with Crippen molar-refractivity contribution in [1.82, 2.24) is 4.98 Å². The van der Waals surface area contributed by atoms with Gasteiger partial charge in [-0.1, -0.05) is 36.4 Å². The van der Waals surface area contributed by atoms with Crippen molar-refractivity contribution in [2.45, 2.75) is 19.3 Å². The number of benzene rings is 2. The van der Waals surface area contributed by atoms with Crippen LogP contribution >= 0.6 is 11.3 Å². The number of carbonyl (C=O) groups excluding carboxylic acids is 2. The van der Waals surface area contributed by atoms with Crippen molar-refractivity contribution < 1.29 is 19.1 Å². The van der Waals surface area contributed by atoms with Crippen molar-refractivity contribution >= 4 is 28.5 Å². The van der Waals surface area contributed by atoms with Crippen LogP contribution in [0.3, 0.4) is 0 Å². The highest BCUT2D eigenvalue weighted by Gasteiger charge is 2.48. The maximum absolute atomic E-state index is 13.3. The van der Waals surface area contributed by atoms with E-state index in [9.17, 15) is 9.59 Å². The largest absolute Gasteiger partial charge is 0.513 e. The first-order valence-corrected chi connectivity index (χ1v) is 10.0. The van der Waals surface area contributed by atoms with E-state index in [0.29, 0.717) is 17.3 Å². The molecular weight excluding hydrogens is 388 g/mol. The molecule has 1 aromatic heterocycles. The number of hydrogen-bond donors (Lipinski definition) is 1. The average molecular weight is 408 g/mol. The molecule has 7 heteroatoms. The first kappa shape index (κ1) is 19.1. The van der Waals surface area contributed by atoms with Crippen molar-refractivity contribution in [3.05, 3.63) is 76.8 Å². The van der Waals surface area contributed by atoms with Gasteiger partial charge in [0.05, 0.1) is 12.5 Å². The van der Waals surface area contributed by atoms with Crippen LogP contribution in [0, 0.1) is 5.41 Å². The molecule has 148 valence electrons. The Hall–Kier alpha value is -3.19. The molecular formula is C22H20N2O4S. The molecule has 0 fully saturated rings. The minimum absolute atomic E-state index is 0.0662. The summed E-state index contributed by atoms with van der Waals surface area (Å²) in [5, 5.41) is 5.39. The second kappa shape index (κ2) is 7.67. The smallest absolute Gasteiger partial charge is 0.437 e. The van der Waals surface area contributed by atoms with Gasteiger partial charge < -0.3 is 14.8 Å². The van der Waals surface area contributed by atoms with E-state index < -0.39 is 11.6 Å². The Labute approximate surface area is 172 Å². The SMILES string of the molecule is COC(=O)Oc1ccc([C@@H]2c3ccccc3C[C@]2(C)C(=O)Nc2nccs2)cc1. The van der Waals surface area contributed by atoms with Crippen molar-refractivity contribution in [3.8, 4) is 5.75 Å². The molecule has 0 saturated heterocycles. The molecule has 1 heterocycles. The lowest BCUT2D eigenvalue weighted by Gasteiger charge is -2.31. The van der Waals surface area contributed by atoms with E-state index in [2.05, 4.69) is 27.2 Å². The van der Waals surface area contributed by atoms with E-state index in [1.54, 1.807) is 18.3 Å². The Balaban J connectivity index is 1.69. The zero-order valence-corrected chi connectivity index (χ0v) is 16.9. The van der Waals surface area contributed by atoms with E-state index in [-0.39, 0.29) is 11.8 Å². The summed E-state index contributed by atoms with van der Waals surface area (Å²) in [5.41, 5.74) is 2.58. The number of hydrogen-bond acceptors (Lipinski definition) is 6. The van der Waals surface area contributed by atoms with Gasteiger partial charge in [-0.25, -0.2) is 9.78 Å². The summed E-state index contributed by atoms with van der Waals surface area (Å²) < 4.78 is 9.60. The zero-order chi connectivity index (χ0) is 20.4.